The molecule has 1 rings (SSSR count). The lowest BCUT2D eigenvalue weighted by atomic mass is 9.32. The van der Waals surface area contributed by atoms with E-state index in [4.69, 9.17) is 0 Å². The van der Waals surface area contributed by atoms with Gasteiger partial charge in [0.2, 0.25) is 0 Å². The molecule has 13 heavy (non-hydrogen) atoms. The maximum absolute atomic E-state index is 2.30. The summed E-state index contributed by atoms with van der Waals surface area (Å²) >= 11 is 0. The highest BCUT2D eigenvalue weighted by Crippen LogP contribution is 2.19. The Labute approximate surface area is 82.4 Å². The van der Waals surface area contributed by atoms with Crippen molar-refractivity contribution in [2.24, 2.45) is 0 Å². The zero-order chi connectivity index (χ0) is 9.84. The zero-order valence-electron chi connectivity index (χ0n) is 9.12. The van der Waals surface area contributed by atoms with Gasteiger partial charge in [0.1, 0.15) is 0 Å². The van der Waals surface area contributed by atoms with Crippen LogP contribution in [0, 0.1) is 0 Å². The summed E-state index contributed by atoms with van der Waals surface area (Å²) in [7, 11) is 0. The third kappa shape index (κ3) is 2.62. The maximum Gasteiger partial charge on any atom is 0.181 e. The van der Waals surface area contributed by atoms with Crippen molar-refractivity contribution in [1.82, 2.24) is 0 Å². The second-order valence-electron chi connectivity index (χ2n) is 4.42. The Balaban J connectivity index is 2.89. The summed E-state index contributed by atoms with van der Waals surface area (Å²) in [5.41, 5.74) is 1.48. The molecule has 0 N–H and O–H groups in total. The standard InChI is InChI=1S/C12H19B/c1-10(2)13(11(3)4)12-8-6-5-7-9-12/h5-11H,1-4H3. The molecule has 1 aromatic carbocycles. The van der Waals surface area contributed by atoms with Gasteiger partial charge in [-0.1, -0.05) is 75.1 Å². The first-order valence-electron chi connectivity index (χ1n) is 5.18. The topological polar surface area (TPSA) is 0 Å². The van der Waals surface area contributed by atoms with Gasteiger partial charge in [0, 0.05) is 0 Å². The monoisotopic (exact) mass is 174 g/mol. The summed E-state index contributed by atoms with van der Waals surface area (Å²) in [6.45, 7) is 9.91. The molecule has 0 aromatic heterocycles. The van der Waals surface area contributed by atoms with E-state index in [9.17, 15) is 0 Å². The predicted octanol–water partition coefficient (Wildman–Crippen LogP) is 3.21. The van der Waals surface area contributed by atoms with Crippen LogP contribution in [0.5, 0.6) is 0 Å². The molecule has 0 spiro atoms. The van der Waals surface area contributed by atoms with E-state index in [0.29, 0.717) is 6.71 Å². The second kappa shape index (κ2) is 4.50. The van der Waals surface area contributed by atoms with Crippen LogP contribution < -0.4 is 5.46 Å². The van der Waals surface area contributed by atoms with Gasteiger partial charge in [0.05, 0.1) is 0 Å². The predicted molar refractivity (Wildman–Crippen MR) is 62.0 cm³/mol. The van der Waals surface area contributed by atoms with Crippen LogP contribution in [-0.2, 0) is 0 Å². The molecule has 0 bridgehead atoms. The summed E-state index contributed by atoms with van der Waals surface area (Å²) < 4.78 is 0. The fraction of sp³-hybridized carbons (Fsp3) is 0.500. The van der Waals surface area contributed by atoms with Crippen molar-refractivity contribution in [2.75, 3.05) is 0 Å². The minimum Gasteiger partial charge on any atom is -0.0795 e. The molecular weight excluding hydrogens is 155 g/mol. The van der Waals surface area contributed by atoms with Gasteiger partial charge in [-0.3, -0.25) is 0 Å². The molecule has 0 unspecified atom stereocenters. The molecule has 0 atom stereocenters. The number of hydrogen-bond acceptors (Lipinski definition) is 0. The Hall–Kier alpha value is -0.715. The van der Waals surface area contributed by atoms with Gasteiger partial charge < -0.3 is 0 Å². The molecule has 0 fully saturated rings. The van der Waals surface area contributed by atoms with Crippen LogP contribution in [0.2, 0.25) is 11.6 Å². The molecule has 0 aliphatic carbocycles. The van der Waals surface area contributed by atoms with Crippen LogP contribution >= 0.6 is 0 Å². The van der Waals surface area contributed by atoms with E-state index in [2.05, 4.69) is 58.0 Å². The minimum atomic E-state index is 0.696. The fourth-order valence-corrected chi connectivity index (χ4v) is 2.21. The summed E-state index contributed by atoms with van der Waals surface area (Å²) in [4.78, 5) is 0. The summed E-state index contributed by atoms with van der Waals surface area (Å²) in [5.74, 6) is 1.45. The highest BCUT2D eigenvalue weighted by atomic mass is 14.0. The smallest absolute Gasteiger partial charge is 0.0795 e. The van der Waals surface area contributed by atoms with Crippen LogP contribution in [0.15, 0.2) is 30.3 Å². The van der Waals surface area contributed by atoms with Crippen LogP contribution in [0.4, 0.5) is 0 Å². The molecular formula is C12H19B. The third-order valence-electron chi connectivity index (χ3n) is 2.62. The quantitative estimate of drug-likeness (QED) is 0.617. The highest BCUT2D eigenvalue weighted by Gasteiger charge is 2.23. The van der Waals surface area contributed by atoms with E-state index in [1.54, 1.807) is 0 Å². The van der Waals surface area contributed by atoms with Crippen molar-refractivity contribution in [3.05, 3.63) is 30.3 Å². The van der Waals surface area contributed by atoms with E-state index < -0.39 is 0 Å². The highest BCUT2D eigenvalue weighted by molar-refractivity contribution is 6.75. The lowest BCUT2D eigenvalue weighted by Gasteiger charge is -2.21. The fourth-order valence-electron chi connectivity index (χ4n) is 2.21. The summed E-state index contributed by atoms with van der Waals surface area (Å²) in [6, 6.07) is 10.8. The number of rotatable bonds is 3. The average molecular weight is 174 g/mol. The maximum atomic E-state index is 2.30. The number of hydrogen-bond donors (Lipinski definition) is 0. The average Bonchev–Trinajstić information content (AvgIpc) is 2.04. The largest absolute Gasteiger partial charge is 0.181 e. The lowest BCUT2D eigenvalue weighted by molar-refractivity contribution is 0.951. The van der Waals surface area contributed by atoms with E-state index in [-0.39, 0.29) is 0 Å². The summed E-state index contributed by atoms with van der Waals surface area (Å²) in [6.07, 6.45) is 0. The van der Waals surface area contributed by atoms with Crippen molar-refractivity contribution in [3.8, 4) is 0 Å². The molecule has 70 valence electrons. The van der Waals surface area contributed by atoms with Crippen LogP contribution in [0.3, 0.4) is 0 Å². The van der Waals surface area contributed by atoms with Crippen molar-refractivity contribution < 1.29 is 0 Å². The molecule has 0 heterocycles. The van der Waals surface area contributed by atoms with E-state index in [0.717, 1.165) is 11.6 Å². The van der Waals surface area contributed by atoms with Crippen molar-refractivity contribution in [1.29, 1.82) is 0 Å². The van der Waals surface area contributed by atoms with E-state index >= 15 is 0 Å². The van der Waals surface area contributed by atoms with E-state index in [1.807, 2.05) is 0 Å². The van der Waals surface area contributed by atoms with Gasteiger partial charge in [0.15, 0.2) is 6.71 Å². The second-order valence-corrected chi connectivity index (χ2v) is 4.42. The van der Waals surface area contributed by atoms with E-state index in [1.165, 1.54) is 5.46 Å². The molecule has 0 amide bonds. The molecule has 0 nitrogen and oxygen atoms in total. The summed E-state index contributed by atoms with van der Waals surface area (Å²) in [5, 5.41) is 0. The van der Waals surface area contributed by atoms with Gasteiger partial charge in [-0.2, -0.15) is 0 Å². The molecule has 0 radical (unpaired) electrons. The van der Waals surface area contributed by atoms with Crippen LogP contribution in [0.25, 0.3) is 0 Å². The van der Waals surface area contributed by atoms with Crippen molar-refractivity contribution in [3.63, 3.8) is 0 Å². The van der Waals surface area contributed by atoms with Crippen molar-refractivity contribution >= 4 is 12.2 Å². The molecule has 0 saturated heterocycles. The van der Waals surface area contributed by atoms with Gasteiger partial charge in [0.25, 0.3) is 0 Å². The Bertz CT molecular complexity index is 231. The lowest BCUT2D eigenvalue weighted by Crippen LogP contribution is -2.35. The Kier molecular flexibility index (Phi) is 3.59. The van der Waals surface area contributed by atoms with Gasteiger partial charge >= 0.3 is 0 Å². The number of benzene rings is 1. The molecule has 0 aliphatic rings. The molecule has 1 heteroatoms. The first-order chi connectivity index (χ1) is 6.13. The Morgan fingerprint density at radius 2 is 1.31 bits per heavy atom. The SMILES string of the molecule is CC(C)B(c1ccccc1)C(C)C. The van der Waals surface area contributed by atoms with Crippen molar-refractivity contribution in [2.45, 2.75) is 39.3 Å². The van der Waals surface area contributed by atoms with Gasteiger partial charge in [-0.25, -0.2) is 0 Å². The molecule has 1 aromatic rings. The Morgan fingerprint density at radius 1 is 0.846 bits per heavy atom. The van der Waals surface area contributed by atoms with Crippen LogP contribution in [0.1, 0.15) is 27.7 Å². The minimum absolute atomic E-state index is 0.696. The van der Waals surface area contributed by atoms with Gasteiger partial charge in [-0.15, -0.1) is 0 Å². The Morgan fingerprint density at radius 3 is 1.69 bits per heavy atom. The normalized spacial score (nSPS) is 10.9. The zero-order valence-corrected chi connectivity index (χ0v) is 9.12. The molecule has 0 aliphatic heterocycles. The first kappa shape index (κ1) is 10.4. The van der Waals surface area contributed by atoms with Gasteiger partial charge in [-0.05, 0) is 0 Å². The third-order valence-corrected chi connectivity index (χ3v) is 2.62. The van der Waals surface area contributed by atoms with Crippen LogP contribution in [-0.4, -0.2) is 6.71 Å². The first-order valence-corrected chi connectivity index (χ1v) is 5.18. The molecule has 0 saturated carbocycles.